The van der Waals surface area contributed by atoms with Crippen LogP contribution in [0.25, 0.3) is 66.4 Å². The molecule has 13 aromatic rings. The number of ketones is 2. The molecule has 0 fully saturated rings. The van der Waals surface area contributed by atoms with Crippen LogP contribution in [0.4, 0.5) is 22.0 Å². The third-order valence-electron chi connectivity index (χ3n) is 16.9. The highest BCUT2D eigenvalue weighted by atomic mass is 19.3. The molecule has 0 aliphatic heterocycles. The van der Waals surface area contributed by atoms with E-state index in [1.807, 2.05) is 129 Å². The second-order valence-corrected chi connectivity index (χ2v) is 22.9. The number of hydrogen-bond donors (Lipinski definition) is 0. The molecule has 0 saturated carbocycles. The average Bonchev–Trinajstić information content (AvgIpc) is 1.62. The number of carbonyl (C=O) groups excluding carboxylic acids is 4. The van der Waals surface area contributed by atoms with E-state index in [2.05, 4.69) is 9.47 Å². The maximum Gasteiger partial charge on any atom is 0.387 e. The molecule has 0 spiro atoms. The van der Waals surface area contributed by atoms with Gasteiger partial charge < -0.3 is 65.6 Å². The fourth-order valence-corrected chi connectivity index (χ4v) is 12.0. The van der Waals surface area contributed by atoms with Crippen LogP contribution in [0.15, 0.2) is 207 Å². The van der Waals surface area contributed by atoms with Crippen molar-refractivity contribution in [2.75, 3.05) is 55.9 Å². The second-order valence-electron chi connectivity index (χ2n) is 22.9. The number of rotatable bonds is 21. The molecule has 4 heterocycles. The first kappa shape index (κ1) is 74.2. The van der Waals surface area contributed by atoms with Gasteiger partial charge in [-0.05, 0) is 211 Å². The molecule has 536 valence electrons. The highest BCUT2D eigenvalue weighted by molar-refractivity contribution is 6.17. The molecule has 0 N–H and O–H groups in total. The van der Waals surface area contributed by atoms with Gasteiger partial charge in [-0.1, -0.05) is 0 Å². The molecule has 0 saturated heterocycles. The number of halogens is 5. The van der Waals surface area contributed by atoms with E-state index in [-0.39, 0.29) is 42.1 Å². The lowest BCUT2D eigenvalue weighted by molar-refractivity contribution is -0.0504. The summed E-state index contributed by atoms with van der Waals surface area (Å²) in [6, 6.07) is 55.7. The Morgan fingerprint density at radius 1 is 0.375 bits per heavy atom. The molecule has 18 nitrogen and oxygen atoms in total. The molecule has 13 rings (SSSR count). The first-order valence-corrected chi connectivity index (χ1v) is 32.5. The van der Waals surface area contributed by atoms with Gasteiger partial charge in [-0.3, -0.25) is 9.59 Å². The second kappa shape index (κ2) is 33.3. The fraction of sp³-hybridized carbons (Fsp3) is 0.185. The molecular weight excluding hydrogens is 1350 g/mol. The Morgan fingerprint density at radius 3 is 1.13 bits per heavy atom. The zero-order valence-corrected chi connectivity index (χ0v) is 58.6. The number of methoxy groups -OCH3 is 6. The van der Waals surface area contributed by atoms with Crippen LogP contribution in [0.2, 0.25) is 0 Å². The Bertz CT molecular complexity index is 5200. The summed E-state index contributed by atoms with van der Waals surface area (Å²) in [5.74, 6) is 2.91. The Hall–Kier alpha value is -12.5. The molecule has 0 unspecified atom stereocenters. The molecule has 23 heteroatoms. The Balaban J connectivity index is 0.000000149. The molecule has 0 aliphatic carbocycles. The van der Waals surface area contributed by atoms with Crippen molar-refractivity contribution in [3.63, 3.8) is 0 Å². The van der Waals surface area contributed by atoms with Gasteiger partial charge in [-0.15, -0.1) is 0 Å². The molecule has 0 aliphatic rings. The monoisotopic (exact) mass is 1420 g/mol. The van der Waals surface area contributed by atoms with E-state index < -0.39 is 25.2 Å². The van der Waals surface area contributed by atoms with Gasteiger partial charge in [-0.2, -0.15) is 17.6 Å². The van der Waals surface area contributed by atoms with Crippen LogP contribution >= 0.6 is 0 Å². The van der Waals surface area contributed by atoms with Crippen LogP contribution < -0.4 is 37.9 Å². The fourth-order valence-electron chi connectivity index (χ4n) is 12.0. The number of alkyl halides is 4. The van der Waals surface area contributed by atoms with Gasteiger partial charge in [0.15, 0.2) is 11.6 Å². The average molecular weight is 1420 g/mol. The van der Waals surface area contributed by atoms with E-state index >= 15 is 0 Å². The maximum atomic E-state index is 13.2. The molecule has 9 aromatic carbocycles. The van der Waals surface area contributed by atoms with Crippen LogP contribution in [0, 0.1) is 19.7 Å². The number of carbonyl (C=O) groups is 4. The third-order valence-corrected chi connectivity index (χ3v) is 16.9. The van der Waals surface area contributed by atoms with Crippen molar-refractivity contribution in [3.05, 3.63) is 252 Å². The summed E-state index contributed by atoms with van der Waals surface area (Å²) < 4.78 is 122. The number of aromatic nitrogens is 4. The van der Waals surface area contributed by atoms with E-state index in [1.54, 1.807) is 124 Å². The maximum absolute atomic E-state index is 13.2. The smallest absolute Gasteiger partial charge is 0.387 e. The van der Waals surface area contributed by atoms with Gasteiger partial charge >= 0.3 is 25.2 Å². The number of benzene rings is 9. The SMILES string of the molecule is CCOC(=O)c1c(C)n(-c2ccc(OC)cc2)c2cc(OC(F)F)ccc12.CCOC(=O)c1c(C)n(-c2ccc(OC)cc2)c2ccc(OC(F)F)cc12.COc1ccc(-n2cc(C(=O)c3ccc(F)cc3)c3ccc(OC)cc32)cc1.COc1ccc(-n2cc(C(C)=O)c3ccc(OC)cc32)cc1. The van der Waals surface area contributed by atoms with Crippen LogP contribution in [-0.2, 0) is 9.47 Å². The highest BCUT2D eigenvalue weighted by Crippen LogP contribution is 2.38. The van der Waals surface area contributed by atoms with Gasteiger partial charge in [0.1, 0.15) is 51.8 Å². The molecule has 0 amide bonds. The van der Waals surface area contributed by atoms with E-state index in [4.69, 9.17) is 37.9 Å². The molecule has 104 heavy (non-hydrogen) atoms. The predicted octanol–water partition coefficient (Wildman–Crippen LogP) is 18.3. The van der Waals surface area contributed by atoms with Crippen molar-refractivity contribution < 1.29 is 88.5 Å². The van der Waals surface area contributed by atoms with Crippen LogP contribution in [0.5, 0.6) is 46.0 Å². The Labute approximate surface area is 595 Å². The molecule has 0 radical (unpaired) electrons. The molecular formula is C81H73F5N4O14. The summed E-state index contributed by atoms with van der Waals surface area (Å²) in [6.07, 6.45) is 3.67. The van der Waals surface area contributed by atoms with E-state index in [0.717, 1.165) is 61.8 Å². The van der Waals surface area contributed by atoms with Gasteiger partial charge in [0.05, 0.1) is 89.1 Å². The number of Topliss-reactive ketones (excluding diaryl/α,β-unsaturated/α-hetero) is 1. The summed E-state index contributed by atoms with van der Waals surface area (Å²) in [6.45, 7) is 3.15. The zero-order chi connectivity index (χ0) is 74.5. The third kappa shape index (κ3) is 16.3. The van der Waals surface area contributed by atoms with E-state index in [9.17, 15) is 41.1 Å². The predicted molar refractivity (Wildman–Crippen MR) is 387 cm³/mol. The molecule has 4 aromatic heterocycles. The lowest BCUT2D eigenvalue weighted by atomic mass is 10.0. The summed E-state index contributed by atoms with van der Waals surface area (Å²) in [7, 11) is 9.64. The zero-order valence-electron chi connectivity index (χ0n) is 58.6. The van der Waals surface area contributed by atoms with Crippen molar-refractivity contribution in [2.45, 2.75) is 47.8 Å². The lowest BCUT2D eigenvalue weighted by Gasteiger charge is -2.11. The van der Waals surface area contributed by atoms with Crippen LogP contribution in [-0.4, -0.2) is 111 Å². The van der Waals surface area contributed by atoms with Crippen molar-refractivity contribution in [2.24, 2.45) is 0 Å². The van der Waals surface area contributed by atoms with Crippen LogP contribution in [0.3, 0.4) is 0 Å². The number of nitrogens with zero attached hydrogens (tertiary/aromatic N) is 4. The first-order chi connectivity index (χ1) is 50.1. The van der Waals surface area contributed by atoms with Crippen molar-refractivity contribution in [1.29, 1.82) is 0 Å². The highest BCUT2D eigenvalue weighted by Gasteiger charge is 2.26. The Morgan fingerprint density at radius 2 is 0.721 bits per heavy atom. The van der Waals surface area contributed by atoms with Gasteiger partial charge in [0.25, 0.3) is 0 Å². The molecule has 0 bridgehead atoms. The van der Waals surface area contributed by atoms with Gasteiger partial charge in [-0.25, -0.2) is 14.0 Å². The number of esters is 2. The summed E-state index contributed by atoms with van der Waals surface area (Å²) in [4.78, 5) is 50.0. The number of ether oxygens (including phenoxy) is 10. The summed E-state index contributed by atoms with van der Waals surface area (Å²) >= 11 is 0. The minimum atomic E-state index is -2.95. The lowest BCUT2D eigenvalue weighted by Crippen LogP contribution is -2.07. The van der Waals surface area contributed by atoms with Crippen molar-refractivity contribution in [1.82, 2.24) is 18.3 Å². The van der Waals surface area contributed by atoms with Gasteiger partial charge in [0, 0.05) is 103 Å². The summed E-state index contributed by atoms with van der Waals surface area (Å²) in [5.41, 5.74) is 10.1. The van der Waals surface area contributed by atoms with Crippen LogP contribution in [0.1, 0.15) is 79.2 Å². The van der Waals surface area contributed by atoms with Crippen molar-refractivity contribution >= 4 is 67.1 Å². The van der Waals surface area contributed by atoms with Crippen molar-refractivity contribution in [3.8, 4) is 68.7 Å². The number of hydrogen-bond acceptors (Lipinski definition) is 14. The largest absolute Gasteiger partial charge is 0.497 e. The normalized spacial score (nSPS) is 10.9. The van der Waals surface area contributed by atoms with Gasteiger partial charge in [0.2, 0.25) is 0 Å². The van der Waals surface area contributed by atoms with E-state index in [1.165, 1.54) is 48.5 Å². The van der Waals surface area contributed by atoms with E-state index in [0.29, 0.717) is 78.3 Å². The topological polar surface area (TPSA) is 180 Å². The first-order valence-electron chi connectivity index (χ1n) is 32.5. The Kier molecular flexibility index (Phi) is 23.7. The minimum Gasteiger partial charge on any atom is -0.497 e. The summed E-state index contributed by atoms with van der Waals surface area (Å²) in [5, 5.41) is 2.80. The number of fused-ring (bicyclic) bond motifs is 4. The standard InChI is InChI=1S/C23H18FNO3.2C20H19F2NO4.C18H17NO3/c1-27-18-9-7-17(8-10-18)25-14-21(20-12-11-19(28-2)13-22(20)25)23(26)15-3-5-16(24)6-4-15;1-4-26-19(24)18-12(2)23(13-5-7-14(25-3)8-6-13)17-10-9-15(11-16(17)18)27-20(21)22;1-4-26-19(24)18-12(2)23(13-5-7-14(25-3)8-6-13)17-11-15(27-20(21)22)9-10-16(17)18;1-12(20)17-11-19(13-4-6-14(21-2)7-5-13)18-10-15(22-3)8-9-16(17)18/h3-14H,1-2H3;2*5-11,20H,4H2,1-3H3;4-11H,1-3H3. The minimum absolute atomic E-state index is 0.0140. The quantitative estimate of drug-likeness (QED) is 0.0376. The molecule has 0 atom stereocenters.